The number of anilines is 1. The van der Waals surface area contributed by atoms with Crippen molar-refractivity contribution in [3.63, 3.8) is 0 Å². The van der Waals surface area contributed by atoms with Gasteiger partial charge in [0.2, 0.25) is 12.7 Å². The molecule has 9 nitrogen and oxygen atoms in total. The van der Waals surface area contributed by atoms with Gasteiger partial charge in [0.15, 0.2) is 17.3 Å². The van der Waals surface area contributed by atoms with Crippen LogP contribution in [-0.4, -0.2) is 68.2 Å². The molecular formula is C18H25Cl2N3O6. The van der Waals surface area contributed by atoms with E-state index in [4.69, 9.17) is 14.2 Å². The molecule has 2 heterocycles. The van der Waals surface area contributed by atoms with Crippen LogP contribution >= 0.6 is 24.8 Å². The van der Waals surface area contributed by atoms with E-state index in [0.717, 1.165) is 0 Å². The molecule has 11 heteroatoms. The van der Waals surface area contributed by atoms with Crippen LogP contribution in [0.25, 0.3) is 0 Å². The third kappa shape index (κ3) is 5.96. The molecule has 2 aliphatic rings. The molecule has 162 valence electrons. The van der Waals surface area contributed by atoms with Gasteiger partial charge in [-0.05, 0) is 19.9 Å². The number of ether oxygens (including phenoxy) is 3. The quantitative estimate of drug-likeness (QED) is 0.493. The average Bonchev–Trinajstić information content (AvgIpc) is 3.08. The van der Waals surface area contributed by atoms with Crippen molar-refractivity contribution < 1.29 is 28.6 Å². The highest BCUT2D eigenvalue weighted by atomic mass is 35.5. The van der Waals surface area contributed by atoms with Crippen molar-refractivity contribution in [1.82, 2.24) is 10.2 Å². The van der Waals surface area contributed by atoms with Gasteiger partial charge in [-0.25, -0.2) is 0 Å². The van der Waals surface area contributed by atoms with Crippen LogP contribution in [0.15, 0.2) is 12.1 Å². The summed E-state index contributed by atoms with van der Waals surface area (Å²) < 4.78 is 15.7. The molecule has 0 radical (unpaired) electrons. The molecule has 1 saturated heterocycles. The van der Waals surface area contributed by atoms with Gasteiger partial charge in [0.05, 0.1) is 18.8 Å². The Kier molecular flexibility index (Phi) is 9.64. The lowest BCUT2D eigenvalue weighted by molar-refractivity contribution is -0.150. The number of hydrogen-bond acceptors (Lipinski definition) is 8. The number of amides is 1. The minimum atomic E-state index is -0.520. The lowest BCUT2D eigenvalue weighted by Gasteiger charge is -2.33. The summed E-state index contributed by atoms with van der Waals surface area (Å²) in [5.74, 6) is 0.0669. The number of ketones is 1. The van der Waals surface area contributed by atoms with Gasteiger partial charge in [-0.2, -0.15) is 0 Å². The molecule has 0 bridgehead atoms. The Morgan fingerprint density at radius 1 is 1.24 bits per heavy atom. The molecule has 1 unspecified atom stereocenters. The van der Waals surface area contributed by atoms with E-state index >= 15 is 0 Å². The molecule has 0 spiro atoms. The van der Waals surface area contributed by atoms with Crippen LogP contribution in [0.2, 0.25) is 0 Å². The first-order valence-corrected chi connectivity index (χ1v) is 8.85. The van der Waals surface area contributed by atoms with Gasteiger partial charge in [-0.3, -0.25) is 19.3 Å². The molecule has 1 fully saturated rings. The van der Waals surface area contributed by atoms with Gasteiger partial charge in [-0.1, -0.05) is 0 Å². The van der Waals surface area contributed by atoms with Crippen LogP contribution in [0, 0.1) is 0 Å². The molecule has 2 N–H and O–H groups in total. The SMILES string of the molecule is CCOC(=O)C1CNCCN1CC(=O)Nc1cc2c(cc1C(C)=O)OCO2.Cl.Cl. The number of esters is 1. The fraction of sp³-hybridized carbons (Fsp3) is 0.500. The Balaban J connectivity index is 0.00000210. The van der Waals surface area contributed by atoms with Crippen molar-refractivity contribution in [3.8, 4) is 11.5 Å². The zero-order valence-corrected chi connectivity index (χ0v) is 17.8. The van der Waals surface area contributed by atoms with E-state index in [0.29, 0.717) is 42.4 Å². The number of Topliss-reactive ketones (excluding diaryl/α,β-unsaturated/α-hetero) is 1. The third-order valence-corrected chi connectivity index (χ3v) is 4.43. The number of carbonyl (C=O) groups excluding carboxylic acids is 3. The largest absolute Gasteiger partial charge is 0.465 e. The highest BCUT2D eigenvalue weighted by molar-refractivity contribution is 6.05. The van der Waals surface area contributed by atoms with Crippen molar-refractivity contribution in [2.45, 2.75) is 19.9 Å². The average molecular weight is 450 g/mol. The molecule has 1 aromatic carbocycles. The number of piperazine rings is 1. The Morgan fingerprint density at radius 3 is 2.59 bits per heavy atom. The summed E-state index contributed by atoms with van der Waals surface area (Å²) >= 11 is 0. The van der Waals surface area contributed by atoms with E-state index < -0.39 is 6.04 Å². The summed E-state index contributed by atoms with van der Waals surface area (Å²) in [6.07, 6.45) is 0. The number of fused-ring (bicyclic) bond motifs is 1. The maximum Gasteiger partial charge on any atom is 0.324 e. The molecule has 2 aliphatic heterocycles. The maximum atomic E-state index is 12.6. The summed E-state index contributed by atoms with van der Waals surface area (Å²) in [5, 5.41) is 5.88. The van der Waals surface area contributed by atoms with Crippen molar-refractivity contribution in [2.75, 3.05) is 44.9 Å². The monoisotopic (exact) mass is 449 g/mol. The minimum Gasteiger partial charge on any atom is -0.465 e. The van der Waals surface area contributed by atoms with E-state index in [-0.39, 0.29) is 62.4 Å². The summed E-state index contributed by atoms with van der Waals surface area (Å²) in [6, 6.07) is 2.62. The number of benzene rings is 1. The van der Waals surface area contributed by atoms with Crippen molar-refractivity contribution in [2.24, 2.45) is 0 Å². The molecule has 1 atom stereocenters. The number of nitrogens with one attached hydrogen (secondary N) is 2. The molecule has 1 aromatic rings. The summed E-state index contributed by atoms with van der Waals surface area (Å²) in [7, 11) is 0. The first-order valence-electron chi connectivity index (χ1n) is 8.85. The highest BCUT2D eigenvalue weighted by Gasteiger charge is 2.31. The van der Waals surface area contributed by atoms with Gasteiger partial charge in [0.1, 0.15) is 6.04 Å². The van der Waals surface area contributed by atoms with Crippen molar-refractivity contribution in [1.29, 1.82) is 0 Å². The second kappa shape index (κ2) is 11.2. The zero-order valence-electron chi connectivity index (χ0n) is 16.2. The molecule has 0 aliphatic carbocycles. The topological polar surface area (TPSA) is 106 Å². The van der Waals surface area contributed by atoms with Crippen molar-refractivity contribution in [3.05, 3.63) is 17.7 Å². The van der Waals surface area contributed by atoms with Crippen LogP contribution in [0.3, 0.4) is 0 Å². The summed E-state index contributed by atoms with van der Waals surface area (Å²) in [6.45, 7) is 5.17. The fourth-order valence-corrected chi connectivity index (χ4v) is 3.12. The van der Waals surface area contributed by atoms with E-state index in [1.807, 2.05) is 0 Å². The number of halogens is 2. The maximum absolute atomic E-state index is 12.6. The van der Waals surface area contributed by atoms with Crippen LogP contribution in [-0.2, 0) is 14.3 Å². The highest BCUT2D eigenvalue weighted by Crippen LogP contribution is 2.37. The Hall–Kier alpha value is -2.07. The molecule has 0 aromatic heterocycles. The minimum absolute atomic E-state index is 0. The van der Waals surface area contributed by atoms with Gasteiger partial charge < -0.3 is 24.8 Å². The molecule has 3 rings (SSSR count). The normalized spacial score (nSPS) is 17.5. The van der Waals surface area contributed by atoms with E-state index in [1.165, 1.54) is 6.92 Å². The van der Waals surface area contributed by atoms with E-state index in [2.05, 4.69) is 10.6 Å². The predicted octanol–water partition coefficient (Wildman–Crippen LogP) is 1.24. The second-order valence-corrected chi connectivity index (χ2v) is 6.30. The molecule has 1 amide bonds. The first kappa shape index (κ1) is 25.0. The molecular weight excluding hydrogens is 425 g/mol. The fourth-order valence-electron chi connectivity index (χ4n) is 3.12. The van der Waals surface area contributed by atoms with Gasteiger partial charge in [0.25, 0.3) is 0 Å². The van der Waals surface area contributed by atoms with E-state index in [9.17, 15) is 14.4 Å². The molecule has 0 saturated carbocycles. The third-order valence-electron chi connectivity index (χ3n) is 4.43. The van der Waals surface area contributed by atoms with Gasteiger partial charge >= 0.3 is 5.97 Å². The van der Waals surface area contributed by atoms with Crippen molar-refractivity contribution >= 4 is 48.2 Å². The Labute approximate surface area is 181 Å². The first-order chi connectivity index (χ1) is 13.0. The lowest BCUT2D eigenvalue weighted by Crippen LogP contribution is -2.57. The lowest BCUT2D eigenvalue weighted by atomic mass is 10.1. The Morgan fingerprint density at radius 2 is 1.93 bits per heavy atom. The van der Waals surface area contributed by atoms with E-state index in [1.54, 1.807) is 24.0 Å². The number of carbonyl (C=O) groups is 3. The van der Waals surface area contributed by atoms with Gasteiger partial charge in [-0.15, -0.1) is 24.8 Å². The summed E-state index contributed by atoms with van der Waals surface area (Å²) in [4.78, 5) is 38.4. The standard InChI is InChI=1S/C18H23N3O6.2ClH/c1-3-25-18(24)14-8-19-4-5-21(14)9-17(23)20-13-7-16-15(26-10-27-16)6-12(13)11(2)22;;/h6-7,14,19H,3-5,8-10H2,1-2H3,(H,20,23);2*1H. The van der Waals surface area contributed by atoms with Crippen LogP contribution in [0.1, 0.15) is 24.2 Å². The number of hydrogen-bond donors (Lipinski definition) is 2. The van der Waals surface area contributed by atoms with Crippen LogP contribution in [0.4, 0.5) is 5.69 Å². The predicted molar refractivity (Wildman–Crippen MR) is 111 cm³/mol. The van der Waals surface area contributed by atoms with Crippen LogP contribution in [0.5, 0.6) is 11.5 Å². The Bertz CT molecular complexity index is 761. The smallest absolute Gasteiger partial charge is 0.324 e. The number of nitrogens with zero attached hydrogens (tertiary/aromatic N) is 1. The molecule has 29 heavy (non-hydrogen) atoms. The summed E-state index contributed by atoms with van der Waals surface area (Å²) in [5.41, 5.74) is 0.703. The van der Waals surface area contributed by atoms with Crippen LogP contribution < -0.4 is 20.1 Å². The second-order valence-electron chi connectivity index (χ2n) is 6.30. The zero-order chi connectivity index (χ0) is 19.4. The number of rotatable bonds is 6. The van der Waals surface area contributed by atoms with Gasteiger partial charge in [0, 0.05) is 31.3 Å².